The number of hydrogen-bond donors (Lipinski definition) is 2. The Morgan fingerprint density at radius 2 is 1.64 bits per heavy atom. The van der Waals surface area contributed by atoms with Crippen LogP contribution >= 0.6 is 0 Å². The lowest BCUT2D eigenvalue weighted by atomic mass is 9.86. The van der Waals surface area contributed by atoms with Crippen molar-refractivity contribution in [3.8, 4) is 5.75 Å². The van der Waals surface area contributed by atoms with E-state index >= 15 is 0 Å². The smallest absolute Gasteiger partial charge is 0.274 e. The number of carbonyl (C=O) groups is 1. The molecule has 5 nitrogen and oxygen atoms in total. The van der Waals surface area contributed by atoms with Crippen LogP contribution in [0, 0.1) is 0 Å². The minimum absolute atomic E-state index is 0.000686. The standard InChI is InChI=1S/C23H25N3O2/c1-23(2,3)17-9-5-6-10-18(17)25-16-13-14-24-20(15-16)22(27)26-19-11-7-8-12-21(19)28-4/h5-15H,1-4H3,(H,24,25)(H,26,27). The molecule has 0 saturated heterocycles. The molecule has 0 aliphatic rings. The van der Waals surface area contributed by atoms with Crippen molar-refractivity contribution in [2.75, 3.05) is 17.7 Å². The second-order valence-corrected chi connectivity index (χ2v) is 7.50. The third-order valence-electron chi connectivity index (χ3n) is 4.36. The lowest BCUT2D eigenvalue weighted by molar-refractivity contribution is 0.102. The molecule has 3 aromatic rings. The van der Waals surface area contributed by atoms with E-state index in [1.807, 2.05) is 36.4 Å². The molecule has 28 heavy (non-hydrogen) atoms. The SMILES string of the molecule is COc1ccccc1NC(=O)c1cc(Nc2ccccc2C(C)(C)C)ccn1. The fourth-order valence-corrected chi connectivity index (χ4v) is 2.97. The van der Waals surface area contributed by atoms with Gasteiger partial charge in [0.05, 0.1) is 12.8 Å². The average Bonchev–Trinajstić information content (AvgIpc) is 2.68. The average molecular weight is 375 g/mol. The Kier molecular flexibility index (Phi) is 5.64. The lowest BCUT2D eigenvalue weighted by Gasteiger charge is -2.23. The third kappa shape index (κ3) is 4.49. The Labute approximate surface area is 165 Å². The Balaban J connectivity index is 1.83. The Hall–Kier alpha value is -3.34. The quantitative estimate of drug-likeness (QED) is 0.628. The molecule has 0 bridgehead atoms. The van der Waals surface area contributed by atoms with E-state index < -0.39 is 0 Å². The van der Waals surface area contributed by atoms with Crippen LogP contribution in [0.1, 0.15) is 36.8 Å². The van der Waals surface area contributed by atoms with Crippen LogP contribution in [-0.2, 0) is 5.41 Å². The highest BCUT2D eigenvalue weighted by atomic mass is 16.5. The normalized spacial score (nSPS) is 11.0. The summed E-state index contributed by atoms with van der Waals surface area (Å²) >= 11 is 0. The summed E-state index contributed by atoms with van der Waals surface area (Å²) in [6, 6.07) is 19.0. The van der Waals surface area contributed by atoms with Gasteiger partial charge in [-0.3, -0.25) is 9.78 Å². The van der Waals surface area contributed by atoms with Crippen LogP contribution in [0.3, 0.4) is 0 Å². The molecule has 0 aliphatic carbocycles. The van der Waals surface area contributed by atoms with Gasteiger partial charge in [-0.25, -0.2) is 0 Å². The molecular formula is C23H25N3O2. The number of rotatable bonds is 5. The van der Waals surface area contributed by atoms with Gasteiger partial charge < -0.3 is 15.4 Å². The van der Waals surface area contributed by atoms with Crippen LogP contribution in [0.15, 0.2) is 66.9 Å². The van der Waals surface area contributed by atoms with E-state index in [2.05, 4.69) is 42.5 Å². The number of nitrogens with zero attached hydrogens (tertiary/aromatic N) is 1. The van der Waals surface area contributed by atoms with Gasteiger partial charge in [-0.2, -0.15) is 0 Å². The van der Waals surface area contributed by atoms with E-state index in [0.717, 1.165) is 11.4 Å². The predicted octanol–water partition coefficient (Wildman–Crippen LogP) is 5.38. The maximum Gasteiger partial charge on any atom is 0.274 e. The second-order valence-electron chi connectivity index (χ2n) is 7.50. The molecule has 0 saturated carbocycles. The molecule has 0 spiro atoms. The van der Waals surface area contributed by atoms with Gasteiger partial charge in [0.15, 0.2) is 0 Å². The number of ether oxygens (including phenoxy) is 1. The fraction of sp³-hybridized carbons (Fsp3) is 0.217. The van der Waals surface area contributed by atoms with E-state index in [0.29, 0.717) is 17.1 Å². The molecule has 1 amide bonds. The van der Waals surface area contributed by atoms with Crippen molar-refractivity contribution in [2.24, 2.45) is 0 Å². The van der Waals surface area contributed by atoms with Crippen molar-refractivity contribution < 1.29 is 9.53 Å². The fourth-order valence-electron chi connectivity index (χ4n) is 2.97. The number of hydrogen-bond acceptors (Lipinski definition) is 4. The number of anilines is 3. The maximum absolute atomic E-state index is 12.7. The van der Waals surface area contributed by atoms with Crippen LogP contribution in [0.5, 0.6) is 5.75 Å². The van der Waals surface area contributed by atoms with Crippen LogP contribution in [-0.4, -0.2) is 18.0 Å². The van der Waals surface area contributed by atoms with Gasteiger partial charge in [0, 0.05) is 17.6 Å². The molecule has 1 heterocycles. The Bertz CT molecular complexity index is 977. The van der Waals surface area contributed by atoms with Crippen LogP contribution in [0.4, 0.5) is 17.1 Å². The van der Waals surface area contributed by atoms with Gasteiger partial charge in [0.25, 0.3) is 5.91 Å². The molecule has 2 aromatic carbocycles. The summed E-state index contributed by atoms with van der Waals surface area (Å²) in [4.78, 5) is 16.9. The van der Waals surface area contributed by atoms with Crippen molar-refractivity contribution in [3.63, 3.8) is 0 Å². The van der Waals surface area contributed by atoms with Gasteiger partial charge in [-0.1, -0.05) is 51.1 Å². The van der Waals surface area contributed by atoms with Crippen LogP contribution < -0.4 is 15.4 Å². The molecule has 0 radical (unpaired) electrons. The highest BCUT2D eigenvalue weighted by Crippen LogP contribution is 2.31. The molecule has 0 fully saturated rings. The lowest BCUT2D eigenvalue weighted by Crippen LogP contribution is -2.15. The van der Waals surface area contributed by atoms with Gasteiger partial charge in [0.2, 0.25) is 0 Å². The summed E-state index contributed by atoms with van der Waals surface area (Å²) in [5.41, 5.74) is 3.94. The highest BCUT2D eigenvalue weighted by molar-refractivity contribution is 6.04. The van der Waals surface area contributed by atoms with E-state index in [9.17, 15) is 4.79 Å². The van der Waals surface area contributed by atoms with Gasteiger partial charge >= 0.3 is 0 Å². The molecule has 1 aromatic heterocycles. The number of pyridine rings is 1. The number of para-hydroxylation sites is 3. The monoisotopic (exact) mass is 375 g/mol. The molecule has 144 valence electrons. The number of methoxy groups -OCH3 is 1. The highest BCUT2D eigenvalue weighted by Gasteiger charge is 2.18. The van der Waals surface area contributed by atoms with Crippen molar-refractivity contribution in [1.82, 2.24) is 4.98 Å². The number of carbonyl (C=O) groups excluding carboxylic acids is 1. The molecule has 0 atom stereocenters. The van der Waals surface area contributed by atoms with Crippen molar-refractivity contribution in [3.05, 3.63) is 78.1 Å². The summed E-state index contributed by atoms with van der Waals surface area (Å²) in [6.07, 6.45) is 1.62. The zero-order valence-corrected chi connectivity index (χ0v) is 16.6. The Morgan fingerprint density at radius 3 is 2.36 bits per heavy atom. The molecule has 0 aliphatic heterocycles. The first-order valence-electron chi connectivity index (χ1n) is 9.15. The van der Waals surface area contributed by atoms with Crippen molar-refractivity contribution in [2.45, 2.75) is 26.2 Å². The van der Waals surface area contributed by atoms with E-state index in [4.69, 9.17) is 4.74 Å². The second kappa shape index (κ2) is 8.13. The predicted molar refractivity (Wildman–Crippen MR) is 114 cm³/mol. The van der Waals surface area contributed by atoms with Crippen LogP contribution in [0.2, 0.25) is 0 Å². The van der Waals surface area contributed by atoms with E-state index in [-0.39, 0.29) is 11.3 Å². The summed E-state index contributed by atoms with van der Waals surface area (Å²) < 4.78 is 5.28. The van der Waals surface area contributed by atoms with Gasteiger partial charge in [-0.05, 0) is 41.3 Å². The zero-order chi connectivity index (χ0) is 20.1. The topological polar surface area (TPSA) is 63.2 Å². The first-order valence-corrected chi connectivity index (χ1v) is 9.15. The third-order valence-corrected chi connectivity index (χ3v) is 4.36. The van der Waals surface area contributed by atoms with Gasteiger partial charge in [-0.15, -0.1) is 0 Å². The zero-order valence-electron chi connectivity index (χ0n) is 16.6. The first kappa shape index (κ1) is 19.4. The first-order chi connectivity index (χ1) is 13.4. The molecular weight excluding hydrogens is 350 g/mol. The van der Waals surface area contributed by atoms with E-state index in [1.54, 1.807) is 31.5 Å². The summed E-state index contributed by atoms with van der Waals surface area (Å²) in [5, 5.41) is 6.27. The van der Waals surface area contributed by atoms with Gasteiger partial charge in [0.1, 0.15) is 11.4 Å². The Morgan fingerprint density at radius 1 is 0.964 bits per heavy atom. The molecule has 5 heteroatoms. The summed E-state index contributed by atoms with van der Waals surface area (Å²) in [6.45, 7) is 6.52. The number of benzene rings is 2. The van der Waals surface area contributed by atoms with Crippen molar-refractivity contribution in [1.29, 1.82) is 0 Å². The molecule has 3 rings (SSSR count). The number of nitrogens with one attached hydrogen (secondary N) is 2. The summed E-state index contributed by atoms with van der Waals surface area (Å²) in [7, 11) is 1.57. The minimum atomic E-state index is -0.294. The maximum atomic E-state index is 12.7. The van der Waals surface area contributed by atoms with Crippen LogP contribution in [0.25, 0.3) is 0 Å². The number of aromatic nitrogens is 1. The molecule has 0 unspecified atom stereocenters. The minimum Gasteiger partial charge on any atom is -0.495 e. The van der Waals surface area contributed by atoms with Crippen molar-refractivity contribution >= 4 is 23.0 Å². The van der Waals surface area contributed by atoms with E-state index in [1.165, 1.54) is 5.56 Å². The molecule has 2 N–H and O–H groups in total. The number of amides is 1. The summed E-state index contributed by atoms with van der Waals surface area (Å²) in [5.74, 6) is 0.307. The largest absolute Gasteiger partial charge is 0.495 e.